The molecule has 0 heterocycles. The molecule has 0 aliphatic heterocycles. The zero-order valence-electron chi connectivity index (χ0n) is 10.8. The van der Waals surface area contributed by atoms with Crippen molar-refractivity contribution in [2.45, 2.75) is 32.1 Å². The average Bonchev–Trinajstić information content (AvgIpc) is 2.42. The number of para-hydroxylation sites is 1. The normalized spacial score (nSPS) is 18.6. The van der Waals surface area contributed by atoms with E-state index in [9.17, 15) is 4.39 Å². The van der Waals surface area contributed by atoms with Gasteiger partial charge in [-0.1, -0.05) is 44.2 Å². The Kier molecular flexibility index (Phi) is 5.00. The number of hydrogen-bond acceptors (Lipinski definition) is 2. The fraction of sp³-hybridized carbons (Fsp3) is 0.600. The second-order valence-electron chi connectivity index (χ2n) is 5.14. The first-order valence-corrected chi connectivity index (χ1v) is 6.88. The Morgan fingerprint density at radius 2 is 1.94 bits per heavy atom. The molecule has 2 rings (SSSR count). The molecule has 0 amide bonds. The fourth-order valence-electron chi connectivity index (χ4n) is 2.76. The third-order valence-corrected chi connectivity index (χ3v) is 3.91. The molecule has 3 heteroatoms. The first kappa shape index (κ1) is 13.3. The van der Waals surface area contributed by atoms with Gasteiger partial charge in [-0.15, -0.1) is 0 Å². The van der Waals surface area contributed by atoms with E-state index < -0.39 is 0 Å². The number of ether oxygens (including phenoxy) is 1. The summed E-state index contributed by atoms with van der Waals surface area (Å²) in [4.78, 5) is 0. The van der Waals surface area contributed by atoms with Crippen LogP contribution in [0, 0.1) is 17.7 Å². The molecule has 0 bridgehead atoms. The van der Waals surface area contributed by atoms with E-state index in [0.717, 1.165) is 0 Å². The quantitative estimate of drug-likeness (QED) is 0.871. The minimum absolute atomic E-state index is 0.295. The molecule has 1 aromatic carbocycles. The highest BCUT2D eigenvalue weighted by molar-refractivity contribution is 5.23. The van der Waals surface area contributed by atoms with Gasteiger partial charge in [0.2, 0.25) is 0 Å². The van der Waals surface area contributed by atoms with E-state index >= 15 is 0 Å². The summed E-state index contributed by atoms with van der Waals surface area (Å²) in [5.74, 6) is 1.05. The number of rotatable bonds is 5. The number of nitrogens with two attached hydrogens (primary N) is 1. The second kappa shape index (κ2) is 6.74. The van der Waals surface area contributed by atoms with Gasteiger partial charge in [0.25, 0.3) is 0 Å². The number of hydrogen-bond donors (Lipinski definition) is 1. The molecule has 100 valence electrons. The molecule has 1 unspecified atom stereocenters. The first-order chi connectivity index (χ1) is 8.81. The van der Waals surface area contributed by atoms with E-state index in [1.54, 1.807) is 18.2 Å². The molecule has 2 N–H and O–H groups in total. The largest absolute Gasteiger partial charge is 0.490 e. The molecule has 1 saturated carbocycles. The molecule has 0 radical (unpaired) electrons. The van der Waals surface area contributed by atoms with Gasteiger partial charge in [0.15, 0.2) is 11.6 Å². The highest BCUT2D eigenvalue weighted by Crippen LogP contribution is 2.30. The Labute approximate surface area is 108 Å². The van der Waals surface area contributed by atoms with Crippen LogP contribution in [0.4, 0.5) is 4.39 Å². The summed E-state index contributed by atoms with van der Waals surface area (Å²) >= 11 is 0. The Hall–Kier alpha value is -1.09. The summed E-state index contributed by atoms with van der Waals surface area (Å²) in [5.41, 5.74) is 5.83. The molecule has 18 heavy (non-hydrogen) atoms. The highest BCUT2D eigenvalue weighted by Gasteiger charge is 2.23. The van der Waals surface area contributed by atoms with E-state index in [0.29, 0.717) is 30.7 Å². The lowest BCUT2D eigenvalue weighted by molar-refractivity contribution is 0.163. The Balaban J connectivity index is 1.88. The Morgan fingerprint density at radius 3 is 2.61 bits per heavy atom. The summed E-state index contributed by atoms with van der Waals surface area (Å²) in [6.45, 7) is 1.15. The van der Waals surface area contributed by atoms with Crippen LogP contribution in [0.5, 0.6) is 5.75 Å². The third-order valence-electron chi connectivity index (χ3n) is 3.91. The van der Waals surface area contributed by atoms with Gasteiger partial charge in [0, 0.05) is 5.92 Å². The topological polar surface area (TPSA) is 35.2 Å². The minimum atomic E-state index is -0.295. The smallest absolute Gasteiger partial charge is 0.165 e. The maximum atomic E-state index is 13.4. The standard InChI is InChI=1S/C15H22FNO/c16-14-8-4-5-9-15(14)18-11-13(10-17)12-6-2-1-3-7-12/h4-5,8-9,12-13H,1-3,6-7,10-11,17H2. The Bertz CT molecular complexity index is 363. The van der Waals surface area contributed by atoms with Crippen LogP contribution >= 0.6 is 0 Å². The van der Waals surface area contributed by atoms with Crippen molar-refractivity contribution in [1.82, 2.24) is 0 Å². The van der Waals surface area contributed by atoms with Crippen LogP contribution in [0.25, 0.3) is 0 Å². The zero-order chi connectivity index (χ0) is 12.8. The van der Waals surface area contributed by atoms with Crippen molar-refractivity contribution in [2.24, 2.45) is 17.6 Å². The zero-order valence-corrected chi connectivity index (χ0v) is 10.8. The predicted octanol–water partition coefficient (Wildman–Crippen LogP) is 3.36. The maximum Gasteiger partial charge on any atom is 0.165 e. The molecule has 0 spiro atoms. The van der Waals surface area contributed by atoms with Crippen LogP contribution in [0.1, 0.15) is 32.1 Å². The van der Waals surface area contributed by atoms with Crippen LogP contribution in [0.15, 0.2) is 24.3 Å². The van der Waals surface area contributed by atoms with Crippen molar-refractivity contribution in [2.75, 3.05) is 13.2 Å². The molecule has 2 nitrogen and oxygen atoms in total. The molecule has 1 aromatic rings. The van der Waals surface area contributed by atoms with Gasteiger partial charge < -0.3 is 10.5 Å². The SMILES string of the molecule is NCC(COc1ccccc1F)C1CCCCC1. The van der Waals surface area contributed by atoms with E-state index in [4.69, 9.17) is 10.5 Å². The van der Waals surface area contributed by atoms with Crippen LogP contribution in [-0.4, -0.2) is 13.2 Å². The van der Waals surface area contributed by atoms with Gasteiger partial charge >= 0.3 is 0 Å². The molecule has 1 fully saturated rings. The van der Waals surface area contributed by atoms with Crippen molar-refractivity contribution in [3.63, 3.8) is 0 Å². The molecular weight excluding hydrogens is 229 g/mol. The fourth-order valence-corrected chi connectivity index (χ4v) is 2.76. The molecule has 0 aromatic heterocycles. The van der Waals surface area contributed by atoms with E-state index in [1.165, 1.54) is 38.2 Å². The molecular formula is C15H22FNO. The summed E-state index contributed by atoms with van der Waals surface area (Å²) in [6, 6.07) is 6.55. The van der Waals surface area contributed by atoms with Crippen molar-refractivity contribution >= 4 is 0 Å². The summed E-state index contributed by atoms with van der Waals surface area (Å²) < 4.78 is 19.0. The van der Waals surface area contributed by atoms with Crippen LogP contribution in [-0.2, 0) is 0 Å². The highest BCUT2D eigenvalue weighted by atomic mass is 19.1. The Morgan fingerprint density at radius 1 is 1.22 bits per heavy atom. The van der Waals surface area contributed by atoms with Gasteiger partial charge in [-0.3, -0.25) is 0 Å². The number of benzene rings is 1. The van der Waals surface area contributed by atoms with Crippen molar-refractivity contribution < 1.29 is 9.13 Å². The summed E-state index contributed by atoms with van der Waals surface area (Å²) in [7, 11) is 0. The molecule has 1 aliphatic carbocycles. The lowest BCUT2D eigenvalue weighted by Crippen LogP contribution is -2.30. The van der Waals surface area contributed by atoms with Crippen LogP contribution in [0.2, 0.25) is 0 Å². The lowest BCUT2D eigenvalue weighted by Gasteiger charge is -2.29. The van der Waals surface area contributed by atoms with Crippen molar-refractivity contribution in [3.8, 4) is 5.75 Å². The van der Waals surface area contributed by atoms with Gasteiger partial charge in [-0.2, -0.15) is 0 Å². The maximum absolute atomic E-state index is 13.4. The van der Waals surface area contributed by atoms with Gasteiger partial charge in [0.1, 0.15) is 0 Å². The summed E-state index contributed by atoms with van der Waals surface area (Å²) in [5, 5.41) is 0. The average molecular weight is 251 g/mol. The van der Waals surface area contributed by atoms with E-state index in [1.807, 2.05) is 0 Å². The first-order valence-electron chi connectivity index (χ1n) is 6.88. The molecule has 1 atom stereocenters. The summed E-state index contributed by atoms with van der Waals surface area (Å²) in [6.07, 6.45) is 6.40. The van der Waals surface area contributed by atoms with Gasteiger partial charge in [-0.05, 0) is 24.6 Å². The van der Waals surface area contributed by atoms with E-state index in [-0.39, 0.29) is 5.82 Å². The number of halogens is 1. The lowest BCUT2D eigenvalue weighted by atomic mass is 9.80. The molecule has 1 aliphatic rings. The van der Waals surface area contributed by atoms with Gasteiger partial charge in [0.05, 0.1) is 6.61 Å². The monoisotopic (exact) mass is 251 g/mol. The van der Waals surface area contributed by atoms with Crippen molar-refractivity contribution in [3.05, 3.63) is 30.1 Å². The predicted molar refractivity (Wildman–Crippen MR) is 71.0 cm³/mol. The minimum Gasteiger partial charge on any atom is -0.490 e. The van der Waals surface area contributed by atoms with Crippen LogP contribution in [0.3, 0.4) is 0 Å². The second-order valence-corrected chi connectivity index (χ2v) is 5.14. The third kappa shape index (κ3) is 3.45. The molecule has 0 saturated heterocycles. The van der Waals surface area contributed by atoms with E-state index in [2.05, 4.69) is 0 Å². The van der Waals surface area contributed by atoms with Crippen molar-refractivity contribution in [1.29, 1.82) is 0 Å². The van der Waals surface area contributed by atoms with Crippen LogP contribution < -0.4 is 10.5 Å². The van der Waals surface area contributed by atoms with Gasteiger partial charge in [-0.25, -0.2) is 4.39 Å².